The van der Waals surface area contributed by atoms with Crippen molar-refractivity contribution in [1.29, 1.82) is 0 Å². The molecule has 1 N–H and O–H groups in total. The molecule has 1 aromatic heterocycles. The minimum atomic E-state index is -0.0940. The third-order valence-electron chi connectivity index (χ3n) is 6.95. The summed E-state index contributed by atoms with van der Waals surface area (Å²) in [5.41, 5.74) is 2.77. The van der Waals surface area contributed by atoms with E-state index >= 15 is 0 Å². The predicted molar refractivity (Wildman–Crippen MR) is 120 cm³/mol. The number of amides is 1. The van der Waals surface area contributed by atoms with Crippen molar-refractivity contribution in [3.8, 4) is 0 Å². The monoisotopic (exact) mass is 445 g/mol. The summed E-state index contributed by atoms with van der Waals surface area (Å²) in [6.07, 6.45) is 7.54. The van der Waals surface area contributed by atoms with Crippen molar-refractivity contribution in [2.45, 2.75) is 57.5 Å². The quantitative estimate of drug-likeness (QED) is 0.742. The van der Waals surface area contributed by atoms with Gasteiger partial charge in [0.1, 0.15) is 0 Å². The fourth-order valence-electron chi connectivity index (χ4n) is 5.14. The van der Waals surface area contributed by atoms with Crippen LogP contribution in [0.5, 0.6) is 0 Å². The van der Waals surface area contributed by atoms with E-state index in [9.17, 15) is 4.79 Å². The van der Waals surface area contributed by atoms with Gasteiger partial charge in [0.15, 0.2) is 5.13 Å². The van der Waals surface area contributed by atoms with Crippen LogP contribution in [0.3, 0.4) is 0 Å². The van der Waals surface area contributed by atoms with Crippen molar-refractivity contribution >= 4 is 34.0 Å². The van der Waals surface area contributed by atoms with Crippen LogP contribution in [0, 0.1) is 5.41 Å². The Morgan fingerprint density at radius 1 is 1.27 bits per heavy atom. The van der Waals surface area contributed by atoms with Gasteiger partial charge in [-0.3, -0.25) is 9.69 Å². The third kappa shape index (κ3) is 4.28. The molecule has 3 aliphatic rings. The van der Waals surface area contributed by atoms with Crippen LogP contribution in [0.25, 0.3) is 0 Å². The molecule has 0 radical (unpaired) electrons. The molecule has 7 heteroatoms. The summed E-state index contributed by atoms with van der Waals surface area (Å²) >= 11 is 7.68. The second-order valence-corrected chi connectivity index (χ2v) is 10.4. The highest BCUT2D eigenvalue weighted by Crippen LogP contribution is 2.45. The second kappa shape index (κ2) is 8.58. The largest absolute Gasteiger partial charge is 0.381 e. The Morgan fingerprint density at radius 2 is 2.07 bits per heavy atom. The van der Waals surface area contributed by atoms with Gasteiger partial charge in [0.05, 0.1) is 11.7 Å². The molecule has 1 unspecified atom stereocenters. The lowest BCUT2D eigenvalue weighted by molar-refractivity contribution is -0.120. The molecule has 3 heterocycles. The maximum atomic E-state index is 13.1. The zero-order valence-corrected chi connectivity index (χ0v) is 18.7. The number of ether oxygens (including phenoxy) is 1. The summed E-state index contributed by atoms with van der Waals surface area (Å²) < 4.78 is 5.58. The Hall–Kier alpha value is -1.47. The molecule has 1 amide bonds. The van der Waals surface area contributed by atoms with E-state index in [1.807, 2.05) is 24.3 Å². The number of thiazole rings is 1. The van der Waals surface area contributed by atoms with E-state index in [0.29, 0.717) is 5.41 Å². The van der Waals surface area contributed by atoms with Crippen molar-refractivity contribution in [3.63, 3.8) is 0 Å². The van der Waals surface area contributed by atoms with Crippen LogP contribution in [-0.4, -0.2) is 41.6 Å². The average Bonchev–Trinajstić information content (AvgIpc) is 3.36. The van der Waals surface area contributed by atoms with Gasteiger partial charge in [0, 0.05) is 29.7 Å². The number of fused-ring (bicyclic) bond motifs is 1. The number of hydrogen-bond acceptors (Lipinski definition) is 5. The molecule has 1 aromatic carbocycles. The van der Waals surface area contributed by atoms with Gasteiger partial charge >= 0.3 is 0 Å². The summed E-state index contributed by atoms with van der Waals surface area (Å²) in [5.74, 6) is 0.0772. The fraction of sp³-hybridized carbons (Fsp3) is 0.565. The average molecular weight is 446 g/mol. The van der Waals surface area contributed by atoms with Gasteiger partial charge in [0.25, 0.3) is 0 Å². The van der Waals surface area contributed by atoms with E-state index in [1.54, 1.807) is 11.3 Å². The second-order valence-electron chi connectivity index (χ2n) is 8.92. The van der Waals surface area contributed by atoms with E-state index in [1.165, 1.54) is 22.6 Å². The lowest BCUT2D eigenvalue weighted by Gasteiger charge is -2.39. The number of likely N-dealkylation sites (tertiary alicyclic amines) is 1. The maximum Gasteiger partial charge on any atom is 0.243 e. The number of halogens is 1. The molecular formula is C23H28ClN3O2S. The van der Waals surface area contributed by atoms with Gasteiger partial charge in [-0.15, -0.1) is 11.3 Å². The molecule has 0 saturated carbocycles. The number of rotatable bonds is 4. The summed E-state index contributed by atoms with van der Waals surface area (Å²) in [6, 6.07) is 7.80. The number of hydrogen-bond donors (Lipinski definition) is 1. The summed E-state index contributed by atoms with van der Waals surface area (Å²) in [7, 11) is 0. The molecule has 160 valence electrons. The first-order valence-electron chi connectivity index (χ1n) is 11.0. The molecule has 0 bridgehead atoms. The number of carbonyl (C=O) groups excluding carboxylic acids is 1. The van der Waals surface area contributed by atoms with Crippen molar-refractivity contribution in [2.24, 2.45) is 5.41 Å². The Bertz CT molecular complexity index is 908. The van der Waals surface area contributed by atoms with Crippen molar-refractivity contribution in [3.05, 3.63) is 45.4 Å². The summed E-state index contributed by atoms with van der Waals surface area (Å²) in [4.78, 5) is 21.5. The third-order valence-corrected chi connectivity index (χ3v) is 8.22. The minimum absolute atomic E-state index is 0.0772. The maximum absolute atomic E-state index is 13.1. The van der Waals surface area contributed by atoms with Crippen LogP contribution in [-0.2, 0) is 28.9 Å². The molecular weight excluding hydrogens is 418 g/mol. The van der Waals surface area contributed by atoms with Gasteiger partial charge in [0.2, 0.25) is 5.91 Å². The molecule has 1 spiro atoms. The van der Waals surface area contributed by atoms with Crippen LogP contribution < -0.4 is 5.32 Å². The molecule has 30 heavy (non-hydrogen) atoms. The van der Waals surface area contributed by atoms with Crippen LogP contribution in [0.4, 0.5) is 5.13 Å². The van der Waals surface area contributed by atoms with Gasteiger partial charge < -0.3 is 10.1 Å². The molecule has 5 nitrogen and oxygen atoms in total. The number of aromatic nitrogens is 1. The van der Waals surface area contributed by atoms with E-state index in [2.05, 4.69) is 10.2 Å². The smallest absolute Gasteiger partial charge is 0.243 e. The number of aryl methyl sites for hydroxylation is 1. The number of anilines is 1. The highest BCUT2D eigenvalue weighted by molar-refractivity contribution is 7.15. The summed E-state index contributed by atoms with van der Waals surface area (Å²) in [6.45, 7) is 3.47. The molecule has 2 aliphatic heterocycles. The van der Waals surface area contributed by atoms with Crippen LogP contribution in [0.15, 0.2) is 24.3 Å². The highest BCUT2D eigenvalue weighted by Gasteiger charge is 2.38. The Labute approximate surface area is 186 Å². The Morgan fingerprint density at radius 3 is 2.87 bits per heavy atom. The zero-order chi connectivity index (χ0) is 20.6. The van der Waals surface area contributed by atoms with Crippen LogP contribution >= 0.6 is 22.9 Å². The van der Waals surface area contributed by atoms with Gasteiger partial charge in [-0.25, -0.2) is 4.98 Å². The van der Waals surface area contributed by atoms with E-state index < -0.39 is 0 Å². The highest BCUT2D eigenvalue weighted by atomic mass is 35.5. The molecule has 2 fully saturated rings. The Kier molecular flexibility index (Phi) is 5.84. The number of nitrogens with zero attached hydrogens (tertiary/aromatic N) is 2. The lowest BCUT2D eigenvalue weighted by atomic mass is 9.70. The first-order chi connectivity index (χ1) is 14.6. The summed E-state index contributed by atoms with van der Waals surface area (Å²) in [5, 5.41) is 4.65. The molecule has 2 aromatic rings. The number of nitrogens with one attached hydrogen (secondary N) is 1. The normalized spacial score (nSPS) is 23.4. The number of benzene rings is 1. The van der Waals surface area contributed by atoms with Crippen molar-refractivity contribution in [2.75, 3.05) is 25.1 Å². The minimum Gasteiger partial charge on any atom is -0.381 e. The number of carbonyl (C=O) groups is 1. The fourth-order valence-corrected chi connectivity index (χ4v) is 6.45. The van der Waals surface area contributed by atoms with Gasteiger partial charge in [-0.1, -0.05) is 23.7 Å². The van der Waals surface area contributed by atoms with Gasteiger partial charge in [-0.2, -0.15) is 0 Å². The van der Waals surface area contributed by atoms with Gasteiger partial charge in [-0.05, 0) is 74.6 Å². The van der Waals surface area contributed by atoms with E-state index in [0.717, 1.165) is 75.0 Å². The lowest BCUT2D eigenvalue weighted by Crippen LogP contribution is -2.39. The molecule has 2 saturated heterocycles. The van der Waals surface area contributed by atoms with Crippen LogP contribution in [0.2, 0.25) is 5.02 Å². The van der Waals surface area contributed by atoms with E-state index in [4.69, 9.17) is 21.3 Å². The molecule has 1 aliphatic carbocycles. The van der Waals surface area contributed by atoms with E-state index in [-0.39, 0.29) is 11.9 Å². The molecule has 1 atom stereocenters. The Balaban J connectivity index is 1.24. The van der Waals surface area contributed by atoms with Crippen molar-refractivity contribution in [1.82, 2.24) is 9.88 Å². The first-order valence-corrected chi connectivity index (χ1v) is 12.2. The topological polar surface area (TPSA) is 54.5 Å². The van der Waals surface area contributed by atoms with Crippen LogP contribution in [0.1, 0.15) is 48.2 Å². The SMILES string of the molecule is O=C(Nc1nc2c(s1)CC1(CCOCC1)CC2)C1CCCN1Cc1ccc(Cl)cc1. The first kappa shape index (κ1) is 20.4. The molecule has 5 rings (SSSR count). The van der Waals surface area contributed by atoms with Crippen molar-refractivity contribution < 1.29 is 9.53 Å². The zero-order valence-electron chi connectivity index (χ0n) is 17.2. The standard InChI is InChI=1S/C23H28ClN3O2S/c24-17-5-3-16(4-6-17)15-27-11-1-2-19(27)21(28)26-22-25-18-7-8-23(14-20(18)30-22)9-12-29-13-10-23/h3-6,19H,1-2,7-15H2,(H,25,26,28). The predicted octanol–water partition coefficient (Wildman–Crippen LogP) is 4.69.